The van der Waals surface area contributed by atoms with Crippen molar-refractivity contribution < 1.29 is 19.1 Å². The largest absolute Gasteiger partial charge is 0.497 e. The Bertz CT molecular complexity index is 505. The highest BCUT2D eigenvalue weighted by atomic mass is 16.5. The van der Waals surface area contributed by atoms with Gasteiger partial charge < -0.3 is 14.8 Å². The highest BCUT2D eigenvalue weighted by Crippen LogP contribution is 2.29. The number of carbonyl (C=O) groups is 2. The molecule has 5 heteroatoms. The second-order valence-electron chi connectivity index (χ2n) is 5.77. The first-order valence-corrected chi connectivity index (χ1v) is 6.91. The lowest BCUT2D eigenvalue weighted by Crippen LogP contribution is -2.40. The lowest BCUT2D eigenvalue weighted by atomic mass is 9.80. The van der Waals surface area contributed by atoms with Crippen LogP contribution in [0, 0.1) is 11.3 Å². The zero-order chi connectivity index (χ0) is 16.0. The van der Waals surface area contributed by atoms with Gasteiger partial charge in [0.05, 0.1) is 13.7 Å². The highest BCUT2D eigenvalue weighted by molar-refractivity contribution is 6.05. The molecule has 0 spiro atoms. The van der Waals surface area contributed by atoms with E-state index >= 15 is 0 Å². The van der Waals surface area contributed by atoms with Crippen LogP contribution >= 0.6 is 0 Å². The maximum Gasteiger partial charge on any atom is 0.319 e. The van der Waals surface area contributed by atoms with Crippen LogP contribution in [0.25, 0.3) is 0 Å². The van der Waals surface area contributed by atoms with E-state index in [-0.39, 0.29) is 12.5 Å². The van der Waals surface area contributed by atoms with Crippen LogP contribution in [0.3, 0.4) is 0 Å². The van der Waals surface area contributed by atoms with Gasteiger partial charge in [0.1, 0.15) is 11.7 Å². The lowest BCUT2D eigenvalue weighted by molar-refractivity contribution is -0.155. The maximum absolute atomic E-state index is 12.4. The molecule has 5 nitrogen and oxygen atoms in total. The molecular formula is C16H23NO4. The molecule has 0 aliphatic rings. The van der Waals surface area contributed by atoms with Crippen LogP contribution in [-0.2, 0) is 14.3 Å². The second kappa shape index (κ2) is 7.11. The molecule has 0 saturated carbocycles. The van der Waals surface area contributed by atoms with E-state index in [1.807, 2.05) is 20.8 Å². The van der Waals surface area contributed by atoms with E-state index in [1.165, 1.54) is 0 Å². The van der Waals surface area contributed by atoms with Crippen molar-refractivity contribution in [3.63, 3.8) is 0 Å². The van der Waals surface area contributed by atoms with Crippen molar-refractivity contribution >= 4 is 17.6 Å². The average molecular weight is 293 g/mol. The minimum absolute atomic E-state index is 0.248. The molecule has 1 aromatic rings. The molecule has 0 aliphatic carbocycles. The van der Waals surface area contributed by atoms with Crippen LogP contribution in [0.1, 0.15) is 27.7 Å². The fourth-order valence-electron chi connectivity index (χ4n) is 1.99. The van der Waals surface area contributed by atoms with Gasteiger partial charge in [-0.15, -0.1) is 0 Å². The van der Waals surface area contributed by atoms with Gasteiger partial charge in [0.2, 0.25) is 5.91 Å². The van der Waals surface area contributed by atoms with E-state index < -0.39 is 17.3 Å². The number of nitrogens with one attached hydrogen (secondary N) is 1. The van der Waals surface area contributed by atoms with E-state index in [4.69, 9.17) is 9.47 Å². The Morgan fingerprint density at radius 2 is 1.95 bits per heavy atom. The normalized spacial score (nSPS) is 12.4. The summed E-state index contributed by atoms with van der Waals surface area (Å²) in [6.07, 6.45) is 0. The molecule has 1 atom stereocenters. The summed E-state index contributed by atoms with van der Waals surface area (Å²) in [6, 6.07) is 6.99. The van der Waals surface area contributed by atoms with Gasteiger partial charge >= 0.3 is 5.97 Å². The van der Waals surface area contributed by atoms with Crippen molar-refractivity contribution in [2.24, 2.45) is 11.3 Å². The van der Waals surface area contributed by atoms with E-state index in [9.17, 15) is 9.59 Å². The monoisotopic (exact) mass is 293 g/mol. The number of benzene rings is 1. The van der Waals surface area contributed by atoms with Crippen LogP contribution in [0.15, 0.2) is 24.3 Å². The van der Waals surface area contributed by atoms with Crippen molar-refractivity contribution in [2.75, 3.05) is 19.0 Å². The number of ether oxygens (including phenoxy) is 2. The third-order valence-electron chi connectivity index (χ3n) is 2.99. The first-order chi connectivity index (χ1) is 9.79. The molecule has 21 heavy (non-hydrogen) atoms. The van der Waals surface area contributed by atoms with Crippen molar-refractivity contribution in [3.05, 3.63) is 24.3 Å². The van der Waals surface area contributed by atoms with Gasteiger partial charge in [0, 0.05) is 11.8 Å². The van der Waals surface area contributed by atoms with Crippen molar-refractivity contribution in [3.8, 4) is 5.75 Å². The summed E-state index contributed by atoms with van der Waals surface area (Å²) in [6.45, 7) is 7.47. The minimum Gasteiger partial charge on any atom is -0.497 e. The predicted octanol–water partition coefficient (Wildman–Crippen LogP) is 2.86. The predicted molar refractivity (Wildman–Crippen MR) is 81.2 cm³/mol. The molecule has 1 unspecified atom stereocenters. The van der Waals surface area contributed by atoms with Gasteiger partial charge in [-0.25, -0.2) is 0 Å². The quantitative estimate of drug-likeness (QED) is 0.669. The van der Waals surface area contributed by atoms with Crippen LogP contribution in [0.5, 0.6) is 5.75 Å². The van der Waals surface area contributed by atoms with E-state index in [2.05, 4.69) is 5.32 Å². The highest BCUT2D eigenvalue weighted by Gasteiger charge is 2.38. The van der Waals surface area contributed by atoms with Crippen molar-refractivity contribution in [1.82, 2.24) is 0 Å². The minimum atomic E-state index is -0.872. The molecule has 0 fully saturated rings. The Labute approximate surface area is 125 Å². The van der Waals surface area contributed by atoms with Gasteiger partial charge in [-0.3, -0.25) is 9.59 Å². The third kappa shape index (κ3) is 4.77. The van der Waals surface area contributed by atoms with Gasteiger partial charge in [-0.2, -0.15) is 0 Å². The SMILES string of the molecule is CCOC(=O)C(C(=O)Nc1cccc(OC)c1)C(C)(C)C. The zero-order valence-electron chi connectivity index (χ0n) is 13.2. The van der Waals surface area contributed by atoms with Gasteiger partial charge in [-0.1, -0.05) is 26.8 Å². The molecule has 116 valence electrons. The van der Waals surface area contributed by atoms with E-state index in [0.717, 1.165) is 0 Å². The number of methoxy groups -OCH3 is 1. The molecule has 0 radical (unpaired) electrons. The second-order valence-corrected chi connectivity index (χ2v) is 5.77. The molecule has 0 saturated heterocycles. The molecule has 1 rings (SSSR count). The lowest BCUT2D eigenvalue weighted by Gasteiger charge is -2.27. The Kier molecular flexibility index (Phi) is 5.76. The molecule has 0 aliphatic heterocycles. The van der Waals surface area contributed by atoms with Crippen LogP contribution in [-0.4, -0.2) is 25.6 Å². The first kappa shape index (κ1) is 17.0. The Morgan fingerprint density at radius 3 is 2.48 bits per heavy atom. The van der Waals surface area contributed by atoms with E-state index in [1.54, 1.807) is 38.3 Å². The number of hydrogen-bond donors (Lipinski definition) is 1. The summed E-state index contributed by atoms with van der Waals surface area (Å²) in [5.41, 5.74) is 0.0489. The molecule has 1 N–H and O–H groups in total. The average Bonchev–Trinajstić information content (AvgIpc) is 2.37. The number of hydrogen-bond acceptors (Lipinski definition) is 4. The standard InChI is InChI=1S/C16H23NO4/c1-6-21-15(19)13(16(2,3)4)14(18)17-11-8-7-9-12(10-11)20-5/h7-10,13H,6H2,1-5H3,(H,17,18). The Balaban J connectivity index is 2.93. The molecule has 0 bridgehead atoms. The summed E-state index contributed by atoms with van der Waals surface area (Å²) < 4.78 is 10.1. The van der Waals surface area contributed by atoms with Gasteiger partial charge in [-0.05, 0) is 24.5 Å². The van der Waals surface area contributed by atoms with Gasteiger partial charge in [0.25, 0.3) is 0 Å². The summed E-state index contributed by atoms with van der Waals surface area (Å²) in [5.74, 6) is -1.13. The summed E-state index contributed by atoms with van der Waals surface area (Å²) in [7, 11) is 1.55. The fraction of sp³-hybridized carbons (Fsp3) is 0.500. The molecule has 0 heterocycles. The smallest absolute Gasteiger partial charge is 0.319 e. The van der Waals surface area contributed by atoms with Crippen molar-refractivity contribution in [1.29, 1.82) is 0 Å². The number of amides is 1. The molecule has 1 amide bonds. The molecule has 1 aromatic carbocycles. The fourth-order valence-corrected chi connectivity index (χ4v) is 1.99. The number of carbonyl (C=O) groups excluding carboxylic acids is 2. The number of esters is 1. The zero-order valence-corrected chi connectivity index (χ0v) is 13.2. The van der Waals surface area contributed by atoms with Crippen LogP contribution < -0.4 is 10.1 Å². The Hall–Kier alpha value is -2.04. The number of rotatable bonds is 5. The first-order valence-electron chi connectivity index (χ1n) is 6.91. The van der Waals surface area contributed by atoms with Gasteiger partial charge in [0.15, 0.2) is 0 Å². The van der Waals surface area contributed by atoms with Crippen molar-refractivity contribution in [2.45, 2.75) is 27.7 Å². The topological polar surface area (TPSA) is 64.6 Å². The third-order valence-corrected chi connectivity index (χ3v) is 2.99. The summed E-state index contributed by atoms with van der Waals surface area (Å²) >= 11 is 0. The maximum atomic E-state index is 12.4. The van der Waals surface area contributed by atoms with Crippen LogP contribution in [0.4, 0.5) is 5.69 Å². The number of anilines is 1. The van der Waals surface area contributed by atoms with E-state index in [0.29, 0.717) is 11.4 Å². The Morgan fingerprint density at radius 1 is 1.29 bits per heavy atom. The van der Waals surface area contributed by atoms with Crippen LogP contribution in [0.2, 0.25) is 0 Å². The summed E-state index contributed by atoms with van der Waals surface area (Å²) in [4.78, 5) is 24.5. The summed E-state index contributed by atoms with van der Waals surface area (Å²) in [5, 5.41) is 2.74. The molecule has 0 aromatic heterocycles. The molecular weight excluding hydrogens is 270 g/mol.